The van der Waals surface area contributed by atoms with Gasteiger partial charge in [-0.25, -0.2) is 8.78 Å². The van der Waals surface area contributed by atoms with E-state index in [1.165, 1.54) is 12.1 Å². The van der Waals surface area contributed by atoms with Gasteiger partial charge in [0.25, 0.3) is 0 Å². The lowest BCUT2D eigenvalue weighted by Crippen LogP contribution is -2.37. The molecule has 0 saturated carbocycles. The van der Waals surface area contributed by atoms with Crippen LogP contribution >= 0.6 is 0 Å². The highest BCUT2D eigenvalue weighted by Gasteiger charge is 2.37. The zero-order chi connectivity index (χ0) is 21.3. The molecule has 2 aromatic rings. The number of nitrogens with zero attached hydrogens (tertiary/aromatic N) is 1. The third-order valence-corrected chi connectivity index (χ3v) is 5.45. The molecule has 6 nitrogen and oxygen atoms in total. The Kier molecular flexibility index (Phi) is 5.48. The third-order valence-electron chi connectivity index (χ3n) is 5.45. The van der Waals surface area contributed by atoms with E-state index in [9.17, 15) is 23.2 Å². The largest absolute Gasteiger partial charge is 0.355 e. The smallest absolute Gasteiger partial charge is 0.239 e. The number of amides is 3. The first kappa shape index (κ1) is 20.0. The molecule has 30 heavy (non-hydrogen) atoms. The molecule has 2 heterocycles. The van der Waals surface area contributed by atoms with Gasteiger partial charge in [-0.3, -0.25) is 14.4 Å². The number of aryl methyl sites for hydroxylation is 1. The minimum atomic E-state index is -0.787. The number of hydrogen-bond donors (Lipinski definition) is 2. The number of nitrogens with one attached hydrogen (secondary N) is 2. The van der Waals surface area contributed by atoms with Crippen molar-refractivity contribution in [2.45, 2.75) is 25.7 Å². The quantitative estimate of drug-likeness (QED) is 0.740. The Labute approximate surface area is 172 Å². The number of benzene rings is 2. The molecule has 0 aromatic heterocycles. The van der Waals surface area contributed by atoms with Crippen molar-refractivity contribution in [1.29, 1.82) is 0 Å². The molecule has 2 aromatic carbocycles. The summed E-state index contributed by atoms with van der Waals surface area (Å²) in [5.41, 5.74) is 2.87. The molecule has 0 aliphatic carbocycles. The fourth-order valence-electron chi connectivity index (χ4n) is 3.93. The highest BCUT2D eigenvalue weighted by Crippen LogP contribution is 2.31. The first-order chi connectivity index (χ1) is 14.4. The molecule has 2 N–H and O–H groups in total. The van der Waals surface area contributed by atoms with Crippen molar-refractivity contribution >= 4 is 29.1 Å². The van der Waals surface area contributed by atoms with Crippen LogP contribution in [-0.4, -0.2) is 30.8 Å². The van der Waals surface area contributed by atoms with Gasteiger partial charge in [0.05, 0.1) is 0 Å². The van der Waals surface area contributed by atoms with E-state index in [-0.39, 0.29) is 30.7 Å². The topological polar surface area (TPSA) is 78.5 Å². The molecule has 0 radical (unpaired) electrons. The van der Waals surface area contributed by atoms with E-state index in [0.717, 1.165) is 17.3 Å². The molecule has 1 atom stereocenters. The van der Waals surface area contributed by atoms with Crippen LogP contribution in [0.5, 0.6) is 0 Å². The highest BCUT2D eigenvalue weighted by molar-refractivity contribution is 6.09. The Morgan fingerprint density at radius 3 is 2.63 bits per heavy atom. The number of halogens is 2. The summed E-state index contributed by atoms with van der Waals surface area (Å²) in [6.07, 6.45) is 1.68. The molecular formula is C22H21F2N3O3. The predicted molar refractivity (Wildman–Crippen MR) is 107 cm³/mol. The van der Waals surface area contributed by atoms with Crippen molar-refractivity contribution in [2.24, 2.45) is 5.92 Å². The fraction of sp³-hybridized carbons (Fsp3) is 0.318. The van der Waals surface area contributed by atoms with E-state index in [0.29, 0.717) is 37.1 Å². The molecule has 2 aliphatic rings. The third kappa shape index (κ3) is 4.17. The van der Waals surface area contributed by atoms with Gasteiger partial charge in [0.2, 0.25) is 17.7 Å². The van der Waals surface area contributed by atoms with Crippen LogP contribution in [0.25, 0.3) is 0 Å². The second-order valence-electron chi connectivity index (χ2n) is 7.54. The maximum absolute atomic E-state index is 13.2. The molecule has 1 saturated heterocycles. The van der Waals surface area contributed by atoms with Crippen molar-refractivity contribution in [2.75, 3.05) is 23.3 Å². The summed E-state index contributed by atoms with van der Waals surface area (Å²) in [6, 6.07) is 8.65. The van der Waals surface area contributed by atoms with Gasteiger partial charge >= 0.3 is 0 Å². The second-order valence-corrected chi connectivity index (χ2v) is 7.54. The van der Waals surface area contributed by atoms with Crippen LogP contribution in [-0.2, 0) is 27.2 Å². The molecule has 8 heteroatoms. The standard InChI is InChI=1S/C22H21F2N3O3/c23-15-9-13(10-16(24)12-15)5-7-25-21(29)18-6-8-27(22(18)30)17-2-3-19-14(11-17)1-4-20(28)26-19/h2-3,9-12,18H,1,4-8H2,(H,25,29)(H,26,28). The Hall–Kier alpha value is -3.29. The normalized spacial score (nSPS) is 18.2. The lowest BCUT2D eigenvalue weighted by Gasteiger charge is -2.22. The van der Waals surface area contributed by atoms with E-state index in [1.54, 1.807) is 17.0 Å². The van der Waals surface area contributed by atoms with E-state index in [2.05, 4.69) is 10.6 Å². The van der Waals surface area contributed by atoms with E-state index < -0.39 is 17.6 Å². The summed E-state index contributed by atoms with van der Waals surface area (Å²) in [5.74, 6) is -2.80. The Bertz CT molecular complexity index is 1000. The van der Waals surface area contributed by atoms with Gasteiger partial charge in [-0.15, -0.1) is 0 Å². The van der Waals surface area contributed by atoms with Gasteiger partial charge in [0.1, 0.15) is 17.6 Å². The first-order valence-corrected chi connectivity index (χ1v) is 9.87. The van der Waals surface area contributed by atoms with Crippen molar-refractivity contribution < 1.29 is 23.2 Å². The summed E-state index contributed by atoms with van der Waals surface area (Å²) in [4.78, 5) is 38.3. The van der Waals surface area contributed by atoms with Crippen LogP contribution in [0.1, 0.15) is 24.0 Å². The molecule has 4 rings (SSSR count). The Morgan fingerprint density at radius 1 is 1.10 bits per heavy atom. The number of rotatable bonds is 5. The van der Waals surface area contributed by atoms with Gasteiger partial charge < -0.3 is 15.5 Å². The monoisotopic (exact) mass is 413 g/mol. The van der Waals surface area contributed by atoms with Crippen LogP contribution in [0.15, 0.2) is 36.4 Å². The zero-order valence-corrected chi connectivity index (χ0v) is 16.2. The maximum atomic E-state index is 13.2. The first-order valence-electron chi connectivity index (χ1n) is 9.87. The van der Waals surface area contributed by atoms with Crippen LogP contribution in [0.2, 0.25) is 0 Å². The lowest BCUT2D eigenvalue weighted by molar-refractivity contribution is -0.132. The van der Waals surface area contributed by atoms with E-state index in [1.807, 2.05) is 6.07 Å². The average Bonchev–Trinajstić information content (AvgIpc) is 3.08. The van der Waals surface area contributed by atoms with Crippen molar-refractivity contribution in [3.05, 3.63) is 59.2 Å². The zero-order valence-electron chi connectivity index (χ0n) is 16.2. The van der Waals surface area contributed by atoms with Crippen molar-refractivity contribution in [3.8, 4) is 0 Å². The summed E-state index contributed by atoms with van der Waals surface area (Å²) in [6.45, 7) is 0.612. The summed E-state index contributed by atoms with van der Waals surface area (Å²) < 4.78 is 26.5. The Morgan fingerprint density at radius 2 is 1.87 bits per heavy atom. The number of carbonyl (C=O) groups excluding carboxylic acids is 3. The minimum Gasteiger partial charge on any atom is -0.355 e. The number of fused-ring (bicyclic) bond motifs is 1. The van der Waals surface area contributed by atoms with Gasteiger partial charge in [0.15, 0.2) is 0 Å². The molecule has 1 fully saturated rings. The number of anilines is 2. The molecule has 156 valence electrons. The molecule has 2 aliphatic heterocycles. The summed E-state index contributed by atoms with van der Waals surface area (Å²) in [5, 5.41) is 5.50. The van der Waals surface area contributed by atoms with Crippen molar-refractivity contribution in [1.82, 2.24) is 5.32 Å². The van der Waals surface area contributed by atoms with Crippen LogP contribution in [0, 0.1) is 17.6 Å². The minimum absolute atomic E-state index is 0.0230. The van der Waals surface area contributed by atoms with Crippen LogP contribution in [0.3, 0.4) is 0 Å². The molecule has 0 spiro atoms. The van der Waals surface area contributed by atoms with Gasteiger partial charge in [0, 0.05) is 37.0 Å². The molecule has 1 unspecified atom stereocenters. The highest BCUT2D eigenvalue weighted by atomic mass is 19.1. The maximum Gasteiger partial charge on any atom is 0.239 e. The number of carbonyl (C=O) groups is 3. The van der Waals surface area contributed by atoms with Crippen LogP contribution < -0.4 is 15.5 Å². The lowest BCUT2D eigenvalue weighted by atomic mass is 10.0. The second kappa shape index (κ2) is 8.22. The van der Waals surface area contributed by atoms with Gasteiger partial charge in [-0.2, -0.15) is 0 Å². The van der Waals surface area contributed by atoms with Crippen molar-refractivity contribution in [3.63, 3.8) is 0 Å². The fourth-order valence-corrected chi connectivity index (χ4v) is 3.93. The predicted octanol–water partition coefficient (Wildman–Crippen LogP) is 2.56. The molecule has 0 bridgehead atoms. The summed E-state index contributed by atoms with van der Waals surface area (Å²) >= 11 is 0. The average molecular weight is 413 g/mol. The molecule has 3 amide bonds. The summed E-state index contributed by atoms with van der Waals surface area (Å²) in [7, 11) is 0. The van der Waals surface area contributed by atoms with Gasteiger partial charge in [-0.05, 0) is 60.7 Å². The Balaban J connectivity index is 1.36. The van der Waals surface area contributed by atoms with E-state index in [4.69, 9.17) is 0 Å². The van der Waals surface area contributed by atoms with Gasteiger partial charge in [-0.1, -0.05) is 0 Å². The molecular weight excluding hydrogens is 392 g/mol. The van der Waals surface area contributed by atoms with E-state index >= 15 is 0 Å². The SMILES string of the molecule is O=C1CCc2cc(N3CCC(C(=O)NCCc4cc(F)cc(F)c4)C3=O)ccc2N1. The van der Waals surface area contributed by atoms with Crippen LogP contribution in [0.4, 0.5) is 20.2 Å². The number of hydrogen-bond acceptors (Lipinski definition) is 3.